The Kier molecular flexibility index (Phi) is 7.52. The normalized spacial score (nSPS) is 15.2. The molecular formula is C25H23ClN2O5. The van der Waals surface area contributed by atoms with E-state index in [1.165, 1.54) is 6.08 Å². The van der Waals surface area contributed by atoms with Crippen LogP contribution >= 0.6 is 11.6 Å². The second-order valence-electron chi connectivity index (χ2n) is 7.46. The number of imide groups is 1. The predicted molar refractivity (Wildman–Crippen MR) is 123 cm³/mol. The Morgan fingerprint density at radius 1 is 1.18 bits per heavy atom. The van der Waals surface area contributed by atoms with Crippen molar-refractivity contribution in [1.29, 1.82) is 5.26 Å². The number of carbonyl (C=O) groups is 3. The molecule has 170 valence electrons. The zero-order valence-electron chi connectivity index (χ0n) is 18.6. The molecule has 0 unspecified atom stereocenters. The average molecular weight is 467 g/mol. The Hall–Kier alpha value is -3.63. The van der Waals surface area contributed by atoms with Crippen LogP contribution in [0.4, 0.5) is 0 Å². The van der Waals surface area contributed by atoms with Gasteiger partial charge in [0.15, 0.2) is 0 Å². The number of hydrogen-bond acceptors (Lipinski definition) is 6. The van der Waals surface area contributed by atoms with Gasteiger partial charge in [0, 0.05) is 17.7 Å². The van der Waals surface area contributed by atoms with Crippen molar-refractivity contribution in [1.82, 2.24) is 4.90 Å². The van der Waals surface area contributed by atoms with Crippen molar-refractivity contribution in [3.05, 3.63) is 63.4 Å². The van der Waals surface area contributed by atoms with E-state index in [4.69, 9.17) is 20.8 Å². The highest BCUT2D eigenvalue weighted by Crippen LogP contribution is 2.31. The lowest BCUT2D eigenvalue weighted by Gasteiger charge is -2.26. The first-order valence-electron chi connectivity index (χ1n) is 10.6. The van der Waals surface area contributed by atoms with E-state index >= 15 is 0 Å². The van der Waals surface area contributed by atoms with E-state index in [2.05, 4.69) is 0 Å². The van der Waals surface area contributed by atoms with Crippen molar-refractivity contribution in [3.8, 4) is 17.4 Å². The molecule has 8 heteroatoms. The molecule has 1 aromatic heterocycles. The van der Waals surface area contributed by atoms with Crippen LogP contribution in [0, 0.1) is 11.3 Å². The van der Waals surface area contributed by atoms with Gasteiger partial charge in [-0.2, -0.15) is 5.26 Å². The number of carbonyl (C=O) groups excluding carboxylic acids is 3. The van der Waals surface area contributed by atoms with Gasteiger partial charge in [0.05, 0.1) is 17.2 Å². The topological polar surface area (TPSA) is 101 Å². The predicted octanol–water partition coefficient (Wildman–Crippen LogP) is 5.17. The molecule has 0 saturated heterocycles. The summed E-state index contributed by atoms with van der Waals surface area (Å²) in [6.45, 7) is 5.83. The van der Waals surface area contributed by atoms with Crippen LogP contribution in [0.25, 0.3) is 17.4 Å². The fraction of sp³-hybridized carbons (Fsp3) is 0.280. The molecule has 0 saturated carbocycles. The molecule has 0 atom stereocenters. The quantitative estimate of drug-likeness (QED) is 0.317. The fourth-order valence-electron chi connectivity index (χ4n) is 3.39. The summed E-state index contributed by atoms with van der Waals surface area (Å²) in [7, 11) is 0. The van der Waals surface area contributed by atoms with Crippen LogP contribution in [0.2, 0.25) is 5.02 Å². The molecule has 0 fully saturated rings. The highest BCUT2D eigenvalue weighted by atomic mass is 35.5. The summed E-state index contributed by atoms with van der Waals surface area (Å²) in [6.07, 6.45) is 2.79. The molecule has 0 bridgehead atoms. The van der Waals surface area contributed by atoms with E-state index in [1.807, 2.05) is 19.9 Å². The van der Waals surface area contributed by atoms with Gasteiger partial charge >= 0.3 is 5.97 Å². The van der Waals surface area contributed by atoms with Crippen molar-refractivity contribution >= 4 is 35.5 Å². The Labute approximate surface area is 196 Å². The van der Waals surface area contributed by atoms with Gasteiger partial charge in [0.25, 0.3) is 11.8 Å². The third-order valence-electron chi connectivity index (χ3n) is 5.09. The van der Waals surface area contributed by atoms with Gasteiger partial charge in [-0.1, -0.05) is 25.4 Å². The molecule has 0 spiro atoms. The van der Waals surface area contributed by atoms with Gasteiger partial charge < -0.3 is 9.15 Å². The first kappa shape index (κ1) is 24.0. The SMILES string of the molecule is CCCOC(=O)c1cc(-c2ccc(/C=C3/C(=O)N(CCC)C(=O)C(C#N)=C3C)o2)ccc1Cl. The van der Waals surface area contributed by atoms with E-state index < -0.39 is 17.8 Å². The van der Waals surface area contributed by atoms with Crippen LogP contribution in [0.15, 0.2) is 51.5 Å². The smallest absolute Gasteiger partial charge is 0.339 e. The van der Waals surface area contributed by atoms with Gasteiger partial charge in [0.2, 0.25) is 0 Å². The van der Waals surface area contributed by atoms with Crippen molar-refractivity contribution in [2.45, 2.75) is 33.6 Å². The molecule has 1 aliphatic rings. The van der Waals surface area contributed by atoms with Crippen LogP contribution in [0.5, 0.6) is 0 Å². The fourth-order valence-corrected chi connectivity index (χ4v) is 3.59. The van der Waals surface area contributed by atoms with Gasteiger partial charge in [-0.15, -0.1) is 0 Å². The lowest BCUT2D eigenvalue weighted by atomic mass is 9.94. The van der Waals surface area contributed by atoms with Gasteiger partial charge in [-0.3, -0.25) is 14.5 Å². The van der Waals surface area contributed by atoms with E-state index in [0.717, 1.165) is 4.90 Å². The molecule has 0 aliphatic carbocycles. The summed E-state index contributed by atoms with van der Waals surface area (Å²) in [6, 6.07) is 10.2. The zero-order chi connectivity index (χ0) is 24.1. The molecule has 1 aliphatic heterocycles. The van der Waals surface area contributed by atoms with Crippen molar-refractivity contribution in [3.63, 3.8) is 0 Å². The maximum atomic E-state index is 12.9. The van der Waals surface area contributed by atoms with Crippen LogP contribution in [-0.4, -0.2) is 35.8 Å². The summed E-state index contributed by atoms with van der Waals surface area (Å²) < 4.78 is 11.1. The molecule has 33 heavy (non-hydrogen) atoms. The minimum Gasteiger partial charge on any atom is -0.462 e. The number of hydrogen-bond donors (Lipinski definition) is 0. The first-order valence-corrected chi connectivity index (χ1v) is 11.0. The summed E-state index contributed by atoms with van der Waals surface area (Å²) in [5.41, 5.74) is 1.31. The minimum atomic E-state index is -0.581. The van der Waals surface area contributed by atoms with E-state index in [0.29, 0.717) is 42.1 Å². The number of rotatable bonds is 7. The highest BCUT2D eigenvalue weighted by molar-refractivity contribution is 6.33. The van der Waals surface area contributed by atoms with Gasteiger partial charge in [0.1, 0.15) is 23.2 Å². The number of nitriles is 1. The first-order chi connectivity index (χ1) is 15.8. The third-order valence-corrected chi connectivity index (χ3v) is 5.42. The number of nitrogens with zero attached hydrogens (tertiary/aromatic N) is 2. The summed E-state index contributed by atoms with van der Waals surface area (Å²) in [5, 5.41) is 9.69. The number of ether oxygens (including phenoxy) is 1. The number of halogens is 1. The van der Waals surface area contributed by atoms with E-state index in [9.17, 15) is 19.6 Å². The molecule has 2 amide bonds. The Morgan fingerprint density at radius 3 is 2.61 bits per heavy atom. The molecule has 2 aromatic rings. The lowest BCUT2D eigenvalue weighted by Crippen LogP contribution is -2.43. The number of amides is 2. The number of benzene rings is 1. The molecule has 0 radical (unpaired) electrons. The maximum absolute atomic E-state index is 12.9. The monoisotopic (exact) mass is 466 g/mol. The molecular weight excluding hydrogens is 444 g/mol. The molecule has 0 N–H and O–H groups in total. The Balaban J connectivity index is 1.97. The summed E-state index contributed by atoms with van der Waals surface area (Å²) in [4.78, 5) is 38.7. The molecule has 1 aromatic carbocycles. The van der Waals surface area contributed by atoms with E-state index in [1.54, 1.807) is 37.3 Å². The Morgan fingerprint density at radius 2 is 1.94 bits per heavy atom. The second-order valence-corrected chi connectivity index (χ2v) is 7.87. The van der Waals surface area contributed by atoms with Crippen LogP contribution in [0.1, 0.15) is 49.7 Å². The van der Waals surface area contributed by atoms with Crippen LogP contribution in [0.3, 0.4) is 0 Å². The zero-order valence-corrected chi connectivity index (χ0v) is 19.4. The van der Waals surface area contributed by atoms with Gasteiger partial charge in [-0.05, 0) is 61.7 Å². The van der Waals surface area contributed by atoms with E-state index in [-0.39, 0.29) is 28.3 Å². The largest absolute Gasteiger partial charge is 0.462 e. The minimum absolute atomic E-state index is 0.0611. The summed E-state index contributed by atoms with van der Waals surface area (Å²) in [5.74, 6) is -0.752. The Bertz CT molecular complexity index is 1220. The van der Waals surface area contributed by atoms with Crippen molar-refractivity contribution in [2.75, 3.05) is 13.2 Å². The molecule has 2 heterocycles. The van der Waals surface area contributed by atoms with Crippen molar-refractivity contribution < 1.29 is 23.5 Å². The number of furan rings is 1. The van der Waals surface area contributed by atoms with Gasteiger partial charge in [-0.25, -0.2) is 4.79 Å². The standard InChI is InChI=1S/C25H23ClN2O5/c1-4-10-28-23(29)18(15(3)20(14-27)24(28)30)13-17-7-9-22(33-17)16-6-8-21(26)19(12-16)25(31)32-11-5-2/h6-9,12-13H,4-5,10-11H2,1-3H3/b18-13+. The third kappa shape index (κ3) is 4.91. The summed E-state index contributed by atoms with van der Waals surface area (Å²) >= 11 is 6.16. The highest BCUT2D eigenvalue weighted by Gasteiger charge is 2.35. The molecule has 7 nitrogen and oxygen atoms in total. The van der Waals surface area contributed by atoms with Crippen LogP contribution in [-0.2, 0) is 14.3 Å². The number of esters is 1. The van der Waals surface area contributed by atoms with Crippen LogP contribution < -0.4 is 0 Å². The lowest BCUT2D eigenvalue weighted by molar-refractivity contribution is -0.140. The maximum Gasteiger partial charge on any atom is 0.339 e. The average Bonchev–Trinajstić information content (AvgIpc) is 3.27. The molecule has 3 rings (SSSR count). The van der Waals surface area contributed by atoms with Crippen molar-refractivity contribution in [2.24, 2.45) is 0 Å². The second kappa shape index (κ2) is 10.3.